The molecule has 0 bridgehead atoms. The molecule has 2 aromatic rings. The van der Waals surface area contributed by atoms with Crippen molar-refractivity contribution in [1.82, 2.24) is 0 Å². The summed E-state index contributed by atoms with van der Waals surface area (Å²) >= 11 is 0. The predicted molar refractivity (Wildman–Crippen MR) is 86.3 cm³/mol. The molecular weight excluding hydrogens is 244 g/mol. The van der Waals surface area contributed by atoms with Crippen LogP contribution >= 0.6 is 0 Å². The van der Waals surface area contributed by atoms with E-state index in [0.717, 1.165) is 19.1 Å². The lowest BCUT2D eigenvalue weighted by Gasteiger charge is -2.23. The molecule has 0 unspecified atom stereocenters. The fourth-order valence-electron chi connectivity index (χ4n) is 2.64. The minimum atomic E-state index is 0.775. The molecule has 2 nitrogen and oxygen atoms in total. The number of hydrogen-bond donors (Lipinski definition) is 1. The van der Waals surface area contributed by atoms with Gasteiger partial charge in [-0.3, -0.25) is 0 Å². The number of nitrogens with zero attached hydrogens (tertiary/aromatic N) is 1. The molecule has 1 aliphatic rings. The van der Waals surface area contributed by atoms with E-state index >= 15 is 0 Å². The second kappa shape index (κ2) is 6.00. The monoisotopic (exact) mass is 266 g/mol. The first kappa shape index (κ1) is 13.0. The van der Waals surface area contributed by atoms with Crippen LogP contribution in [0.3, 0.4) is 0 Å². The van der Waals surface area contributed by atoms with Gasteiger partial charge in [0.05, 0.1) is 0 Å². The lowest BCUT2D eigenvalue weighted by atomic mass is 10.1. The minimum Gasteiger partial charge on any atom is -0.381 e. The molecule has 3 rings (SSSR count). The molecule has 0 amide bonds. The minimum absolute atomic E-state index is 0.775. The molecule has 0 atom stereocenters. The highest BCUT2D eigenvalue weighted by Gasteiger charge is 2.27. The number of benzene rings is 2. The summed E-state index contributed by atoms with van der Waals surface area (Å²) < 4.78 is 0. The lowest BCUT2D eigenvalue weighted by molar-refractivity contribution is 0.825. The number of hydrogen-bond acceptors (Lipinski definition) is 2. The summed E-state index contributed by atoms with van der Waals surface area (Å²) in [6.45, 7) is 4.22. The van der Waals surface area contributed by atoms with Gasteiger partial charge >= 0.3 is 0 Å². The Morgan fingerprint density at radius 2 is 1.85 bits per heavy atom. The topological polar surface area (TPSA) is 15.3 Å². The fraction of sp³-hybridized carbons (Fsp3) is 0.333. The van der Waals surface area contributed by atoms with Crippen LogP contribution in [0.15, 0.2) is 54.6 Å². The first-order chi connectivity index (χ1) is 9.86. The highest BCUT2D eigenvalue weighted by Crippen LogP contribution is 2.31. The fourth-order valence-corrected chi connectivity index (χ4v) is 2.64. The number of nitrogens with one attached hydrogen (secondary N) is 1. The summed E-state index contributed by atoms with van der Waals surface area (Å²) in [5, 5.41) is 3.47. The zero-order chi connectivity index (χ0) is 13.8. The maximum absolute atomic E-state index is 3.47. The van der Waals surface area contributed by atoms with Crippen molar-refractivity contribution in [2.45, 2.75) is 32.4 Å². The summed E-state index contributed by atoms with van der Waals surface area (Å²) in [4.78, 5) is 2.52. The molecule has 1 fully saturated rings. The first-order valence-corrected chi connectivity index (χ1v) is 7.51. The Morgan fingerprint density at radius 1 is 1.05 bits per heavy atom. The lowest BCUT2D eigenvalue weighted by Crippen LogP contribution is -2.25. The zero-order valence-corrected chi connectivity index (χ0v) is 12.0. The van der Waals surface area contributed by atoms with Crippen LogP contribution in [0.4, 0.5) is 11.4 Å². The Bertz CT molecular complexity index is 546. The summed E-state index contributed by atoms with van der Waals surface area (Å²) in [6, 6.07) is 20.1. The molecular formula is C18H22N2. The Morgan fingerprint density at radius 3 is 2.55 bits per heavy atom. The van der Waals surface area contributed by atoms with Crippen LogP contribution in [0.1, 0.15) is 25.3 Å². The summed E-state index contributed by atoms with van der Waals surface area (Å²) in [5.41, 5.74) is 3.88. The van der Waals surface area contributed by atoms with Crippen LogP contribution in [0.25, 0.3) is 0 Å². The molecule has 2 aromatic carbocycles. The van der Waals surface area contributed by atoms with Crippen LogP contribution < -0.4 is 10.2 Å². The molecule has 2 heteroatoms. The third-order valence-electron chi connectivity index (χ3n) is 3.84. The van der Waals surface area contributed by atoms with Gasteiger partial charge in [-0.25, -0.2) is 0 Å². The molecule has 0 heterocycles. The average Bonchev–Trinajstić information content (AvgIpc) is 3.32. The standard InChI is InChI=1S/C18H22N2/c1-2-20(17-11-12-17)18-10-6-7-15(13-18)14-19-16-8-4-3-5-9-16/h3-10,13,17,19H,2,11-12,14H2,1H3. The van der Waals surface area contributed by atoms with Gasteiger partial charge in [0.25, 0.3) is 0 Å². The second-order valence-electron chi connectivity index (χ2n) is 5.41. The van der Waals surface area contributed by atoms with Gasteiger partial charge in [0.2, 0.25) is 0 Å². The molecule has 0 spiro atoms. The van der Waals surface area contributed by atoms with Crippen molar-refractivity contribution in [2.24, 2.45) is 0 Å². The molecule has 0 radical (unpaired) electrons. The highest BCUT2D eigenvalue weighted by molar-refractivity contribution is 5.51. The Hall–Kier alpha value is -1.96. The number of rotatable bonds is 6. The van der Waals surface area contributed by atoms with E-state index in [1.165, 1.54) is 29.8 Å². The molecule has 0 saturated heterocycles. The zero-order valence-electron chi connectivity index (χ0n) is 12.0. The van der Waals surface area contributed by atoms with Gasteiger partial charge in [0.1, 0.15) is 0 Å². The van der Waals surface area contributed by atoms with Gasteiger partial charge in [-0.1, -0.05) is 30.3 Å². The van der Waals surface area contributed by atoms with Crippen LogP contribution in [0, 0.1) is 0 Å². The molecule has 1 N–H and O–H groups in total. The third-order valence-corrected chi connectivity index (χ3v) is 3.84. The van der Waals surface area contributed by atoms with Crippen molar-refractivity contribution in [1.29, 1.82) is 0 Å². The van der Waals surface area contributed by atoms with Gasteiger partial charge in [0, 0.05) is 30.5 Å². The van der Waals surface area contributed by atoms with E-state index < -0.39 is 0 Å². The van der Waals surface area contributed by atoms with Crippen molar-refractivity contribution >= 4 is 11.4 Å². The van der Waals surface area contributed by atoms with E-state index in [1.807, 2.05) is 6.07 Å². The van der Waals surface area contributed by atoms with Crippen LogP contribution in [-0.4, -0.2) is 12.6 Å². The number of para-hydroxylation sites is 1. The maximum Gasteiger partial charge on any atom is 0.0401 e. The Labute approximate surface area is 121 Å². The summed E-state index contributed by atoms with van der Waals surface area (Å²) in [6.07, 6.45) is 2.70. The maximum atomic E-state index is 3.47. The van der Waals surface area contributed by atoms with E-state index in [2.05, 4.69) is 65.7 Å². The molecule has 0 aliphatic heterocycles. The van der Waals surface area contributed by atoms with Gasteiger partial charge in [-0.05, 0) is 49.6 Å². The van der Waals surface area contributed by atoms with Gasteiger partial charge in [0.15, 0.2) is 0 Å². The first-order valence-electron chi connectivity index (χ1n) is 7.51. The largest absolute Gasteiger partial charge is 0.381 e. The van der Waals surface area contributed by atoms with E-state index in [0.29, 0.717) is 0 Å². The molecule has 20 heavy (non-hydrogen) atoms. The van der Waals surface area contributed by atoms with Crippen molar-refractivity contribution < 1.29 is 0 Å². The van der Waals surface area contributed by atoms with Gasteiger partial charge in [-0.2, -0.15) is 0 Å². The van der Waals surface area contributed by atoms with Crippen LogP contribution in [0.5, 0.6) is 0 Å². The van der Waals surface area contributed by atoms with E-state index in [4.69, 9.17) is 0 Å². The average molecular weight is 266 g/mol. The van der Waals surface area contributed by atoms with Gasteiger partial charge in [-0.15, -0.1) is 0 Å². The SMILES string of the molecule is CCN(c1cccc(CNc2ccccc2)c1)C1CC1. The van der Waals surface area contributed by atoms with Gasteiger partial charge < -0.3 is 10.2 Å². The Kier molecular flexibility index (Phi) is 3.91. The van der Waals surface area contributed by atoms with Crippen molar-refractivity contribution in [3.05, 3.63) is 60.2 Å². The van der Waals surface area contributed by atoms with E-state index in [1.54, 1.807) is 0 Å². The smallest absolute Gasteiger partial charge is 0.0401 e. The highest BCUT2D eigenvalue weighted by atomic mass is 15.2. The molecule has 0 aromatic heterocycles. The third kappa shape index (κ3) is 3.13. The molecule has 104 valence electrons. The number of anilines is 2. The van der Waals surface area contributed by atoms with Crippen molar-refractivity contribution in [2.75, 3.05) is 16.8 Å². The molecule has 1 aliphatic carbocycles. The van der Waals surface area contributed by atoms with Crippen molar-refractivity contribution in [3.8, 4) is 0 Å². The Balaban J connectivity index is 1.68. The second-order valence-corrected chi connectivity index (χ2v) is 5.41. The van der Waals surface area contributed by atoms with Crippen LogP contribution in [0.2, 0.25) is 0 Å². The summed E-state index contributed by atoms with van der Waals surface area (Å²) in [7, 11) is 0. The van der Waals surface area contributed by atoms with Crippen molar-refractivity contribution in [3.63, 3.8) is 0 Å². The quantitative estimate of drug-likeness (QED) is 0.839. The predicted octanol–water partition coefficient (Wildman–Crippen LogP) is 4.29. The normalized spacial score (nSPS) is 14.1. The van der Waals surface area contributed by atoms with E-state index in [-0.39, 0.29) is 0 Å². The van der Waals surface area contributed by atoms with Crippen LogP contribution in [-0.2, 0) is 6.54 Å². The summed E-state index contributed by atoms with van der Waals surface area (Å²) in [5.74, 6) is 0. The van der Waals surface area contributed by atoms with E-state index in [9.17, 15) is 0 Å². The molecule has 1 saturated carbocycles.